The third-order valence-electron chi connectivity index (χ3n) is 4.64. The molecular formula is C20H28N4O2S. The van der Waals surface area contributed by atoms with Gasteiger partial charge in [-0.05, 0) is 43.9 Å². The number of hydrogen-bond donors (Lipinski definition) is 1. The Morgan fingerprint density at radius 1 is 1.26 bits per heavy atom. The molecule has 0 aliphatic heterocycles. The third-order valence-corrected chi connectivity index (χ3v) is 5.70. The lowest BCUT2D eigenvalue weighted by atomic mass is 10.1. The Kier molecular flexibility index (Phi) is 6.42. The van der Waals surface area contributed by atoms with Crippen molar-refractivity contribution in [3.8, 4) is 5.75 Å². The number of nitrogens with zero attached hydrogens (tertiary/aromatic N) is 3. The number of ether oxygens (including phenoxy) is 1. The second-order valence-electron chi connectivity index (χ2n) is 7.25. The minimum atomic E-state index is -0.206. The van der Waals surface area contributed by atoms with Crippen molar-refractivity contribution in [2.45, 2.75) is 62.4 Å². The van der Waals surface area contributed by atoms with Crippen LogP contribution in [-0.4, -0.2) is 39.6 Å². The minimum absolute atomic E-state index is 0.0324. The number of aromatic nitrogens is 3. The highest BCUT2D eigenvalue weighted by molar-refractivity contribution is 8.00. The van der Waals surface area contributed by atoms with Gasteiger partial charge >= 0.3 is 0 Å². The molecule has 0 saturated heterocycles. The molecule has 1 atom stereocenters. The number of methoxy groups -OCH3 is 1. The largest absolute Gasteiger partial charge is 0.497 e. The van der Waals surface area contributed by atoms with Crippen LogP contribution in [0.1, 0.15) is 57.0 Å². The number of thioether (sulfide) groups is 1. The van der Waals surface area contributed by atoms with Crippen LogP contribution < -0.4 is 10.1 Å². The minimum Gasteiger partial charge on any atom is -0.497 e. The zero-order valence-corrected chi connectivity index (χ0v) is 17.3. The molecule has 2 aromatic rings. The molecule has 1 aliphatic carbocycles. The van der Waals surface area contributed by atoms with Gasteiger partial charge in [0, 0.05) is 18.5 Å². The molecule has 1 saturated carbocycles. The maximum atomic E-state index is 12.5. The summed E-state index contributed by atoms with van der Waals surface area (Å²) in [6, 6.07) is 8.42. The second kappa shape index (κ2) is 8.78. The lowest BCUT2D eigenvalue weighted by Gasteiger charge is -2.14. The van der Waals surface area contributed by atoms with E-state index in [0.717, 1.165) is 23.2 Å². The normalized spacial score (nSPS) is 15.0. The number of carbonyl (C=O) groups excluding carboxylic acids is 1. The van der Waals surface area contributed by atoms with E-state index < -0.39 is 0 Å². The third kappa shape index (κ3) is 5.03. The molecule has 1 fully saturated rings. The van der Waals surface area contributed by atoms with E-state index in [1.807, 2.05) is 31.2 Å². The smallest absolute Gasteiger partial charge is 0.233 e. The topological polar surface area (TPSA) is 69.0 Å². The van der Waals surface area contributed by atoms with E-state index in [1.165, 1.54) is 30.2 Å². The van der Waals surface area contributed by atoms with Crippen molar-refractivity contribution < 1.29 is 9.53 Å². The summed E-state index contributed by atoms with van der Waals surface area (Å²) in [7, 11) is 1.66. The highest BCUT2D eigenvalue weighted by atomic mass is 32.2. The van der Waals surface area contributed by atoms with Crippen LogP contribution >= 0.6 is 11.8 Å². The maximum absolute atomic E-state index is 12.5. The lowest BCUT2D eigenvalue weighted by Crippen LogP contribution is -2.32. The maximum Gasteiger partial charge on any atom is 0.233 e. The van der Waals surface area contributed by atoms with E-state index in [2.05, 4.69) is 33.9 Å². The van der Waals surface area contributed by atoms with Gasteiger partial charge in [-0.15, -0.1) is 10.2 Å². The van der Waals surface area contributed by atoms with E-state index in [0.29, 0.717) is 18.5 Å². The Morgan fingerprint density at radius 3 is 2.56 bits per heavy atom. The van der Waals surface area contributed by atoms with Crippen LogP contribution in [0.25, 0.3) is 0 Å². The van der Waals surface area contributed by atoms with E-state index in [9.17, 15) is 4.79 Å². The summed E-state index contributed by atoms with van der Waals surface area (Å²) < 4.78 is 7.39. The van der Waals surface area contributed by atoms with Gasteiger partial charge in [0.2, 0.25) is 5.91 Å². The molecular weight excluding hydrogens is 360 g/mol. The predicted molar refractivity (Wildman–Crippen MR) is 107 cm³/mol. The van der Waals surface area contributed by atoms with Crippen LogP contribution in [0.3, 0.4) is 0 Å². The molecule has 6 nitrogen and oxygen atoms in total. The molecule has 1 N–H and O–H groups in total. The molecule has 3 rings (SSSR count). The first-order chi connectivity index (χ1) is 13.0. The van der Waals surface area contributed by atoms with Gasteiger partial charge in [0.25, 0.3) is 0 Å². The first kappa shape index (κ1) is 19.7. The number of carbonyl (C=O) groups is 1. The standard InChI is InChI=1S/C20H28N4O2S/c1-13(2)18-22-23-20(24(18)16-7-8-16)27-14(3)19(25)21-12-11-15-5-9-17(26-4)10-6-15/h5-6,9-10,13-14,16H,7-8,11-12H2,1-4H3,(H,21,25). The molecule has 1 aromatic carbocycles. The van der Waals surface area contributed by atoms with Gasteiger partial charge in [-0.25, -0.2) is 0 Å². The second-order valence-corrected chi connectivity index (χ2v) is 8.55. The zero-order valence-electron chi connectivity index (χ0n) is 16.4. The first-order valence-corrected chi connectivity index (χ1v) is 10.4. The molecule has 1 aromatic heterocycles. The van der Waals surface area contributed by atoms with Gasteiger partial charge < -0.3 is 14.6 Å². The van der Waals surface area contributed by atoms with Crippen LogP contribution in [0.4, 0.5) is 0 Å². The number of hydrogen-bond acceptors (Lipinski definition) is 5. The quantitative estimate of drug-likeness (QED) is 0.665. The fourth-order valence-electron chi connectivity index (χ4n) is 2.92. The van der Waals surface area contributed by atoms with Crippen LogP contribution in [0.5, 0.6) is 5.75 Å². The number of rotatable bonds is 9. The van der Waals surface area contributed by atoms with Crippen molar-refractivity contribution in [2.24, 2.45) is 0 Å². The molecule has 0 spiro atoms. The Hall–Kier alpha value is -2.02. The summed E-state index contributed by atoms with van der Waals surface area (Å²) in [5.74, 6) is 2.23. The van der Waals surface area contributed by atoms with Crippen LogP contribution in [-0.2, 0) is 11.2 Å². The van der Waals surface area contributed by atoms with E-state index in [4.69, 9.17) is 4.74 Å². The number of nitrogens with one attached hydrogen (secondary N) is 1. The highest BCUT2D eigenvalue weighted by Crippen LogP contribution is 2.40. The summed E-state index contributed by atoms with van der Waals surface area (Å²) in [6.45, 7) is 6.80. The van der Waals surface area contributed by atoms with Crippen molar-refractivity contribution in [1.29, 1.82) is 0 Å². The highest BCUT2D eigenvalue weighted by Gasteiger charge is 2.31. The molecule has 1 amide bonds. The van der Waals surface area contributed by atoms with Gasteiger partial charge in [-0.3, -0.25) is 4.79 Å². The fraction of sp³-hybridized carbons (Fsp3) is 0.550. The van der Waals surface area contributed by atoms with Gasteiger partial charge in [0.1, 0.15) is 11.6 Å². The van der Waals surface area contributed by atoms with E-state index in [1.54, 1.807) is 7.11 Å². The average molecular weight is 389 g/mol. The van der Waals surface area contributed by atoms with Crippen LogP contribution in [0.15, 0.2) is 29.4 Å². The molecule has 1 aliphatic rings. The van der Waals surface area contributed by atoms with Gasteiger partial charge in [0.15, 0.2) is 5.16 Å². The van der Waals surface area contributed by atoms with E-state index >= 15 is 0 Å². The Bertz CT molecular complexity index is 769. The Labute approximate surface area is 165 Å². The van der Waals surface area contributed by atoms with Crippen molar-refractivity contribution in [1.82, 2.24) is 20.1 Å². The summed E-state index contributed by atoms with van der Waals surface area (Å²) in [5.41, 5.74) is 1.17. The molecule has 1 heterocycles. The van der Waals surface area contributed by atoms with E-state index in [-0.39, 0.29) is 11.2 Å². The Morgan fingerprint density at radius 2 is 1.96 bits per heavy atom. The first-order valence-electron chi connectivity index (χ1n) is 9.51. The van der Waals surface area contributed by atoms with Gasteiger partial charge in [-0.1, -0.05) is 37.7 Å². The summed E-state index contributed by atoms with van der Waals surface area (Å²) >= 11 is 1.50. The molecule has 0 radical (unpaired) electrons. The van der Waals surface area contributed by atoms with Gasteiger partial charge in [-0.2, -0.15) is 0 Å². The van der Waals surface area contributed by atoms with Crippen LogP contribution in [0.2, 0.25) is 0 Å². The van der Waals surface area contributed by atoms with Crippen molar-refractivity contribution in [3.63, 3.8) is 0 Å². The monoisotopic (exact) mass is 388 g/mol. The zero-order chi connectivity index (χ0) is 19.4. The predicted octanol–water partition coefficient (Wildman–Crippen LogP) is 3.58. The number of benzene rings is 1. The van der Waals surface area contributed by atoms with Crippen molar-refractivity contribution in [3.05, 3.63) is 35.7 Å². The average Bonchev–Trinajstić information content (AvgIpc) is 3.42. The van der Waals surface area contributed by atoms with Gasteiger partial charge in [0.05, 0.1) is 12.4 Å². The Balaban J connectivity index is 1.52. The van der Waals surface area contributed by atoms with Crippen LogP contribution in [0, 0.1) is 0 Å². The molecule has 0 bridgehead atoms. The van der Waals surface area contributed by atoms with Crippen molar-refractivity contribution >= 4 is 17.7 Å². The summed E-state index contributed by atoms with van der Waals surface area (Å²) in [4.78, 5) is 12.5. The fourth-order valence-corrected chi connectivity index (χ4v) is 3.87. The lowest BCUT2D eigenvalue weighted by molar-refractivity contribution is -0.120. The van der Waals surface area contributed by atoms with Crippen molar-refractivity contribution in [2.75, 3.05) is 13.7 Å². The molecule has 27 heavy (non-hydrogen) atoms. The summed E-state index contributed by atoms with van der Waals surface area (Å²) in [6.07, 6.45) is 3.14. The molecule has 146 valence electrons. The SMILES string of the molecule is COc1ccc(CCNC(=O)C(C)Sc2nnc(C(C)C)n2C2CC2)cc1. The molecule has 1 unspecified atom stereocenters. The number of amides is 1. The summed E-state index contributed by atoms with van der Waals surface area (Å²) in [5, 5.41) is 12.4. The molecule has 7 heteroatoms.